The maximum absolute atomic E-state index is 11.5. The van der Waals surface area contributed by atoms with Crippen LogP contribution in [0.4, 0.5) is 0 Å². The highest BCUT2D eigenvalue weighted by Crippen LogP contribution is 1.95. The van der Waals surface area contributed by atoms with Crippen molar-refractivity contribution in [3.63, 3.8) is 0 Å². The Bertz CT molecular complexity index is 355. The summed E-state index contributed by atoms with van der Waals surface area (Å²) in [5, 5.41) is 2.67. The van der Waals surface area contributed by atoms with Gasteiger partial charge in [-0.1, -0.05) is 13.8 Å². The first-order valence-electron chi connectivity index (χ1n) is 6.51. The molecule has 0 saturated heterocycles. The third kappa shape index (κ3) is 12.1. The van der Waals surface area contributed by atoms with Gasteiger partial charge in [0.15, 0.2) is 0 Å². The number of rotatable bonds is 10. The number of sulfone groups is 1. The van der Waals surface area contributed by atoms with Crippen molar-refractivity contribution in [3.05, 3.63) is 0 Å². The molecule has 0 aliphatic heterocycles. The van der Waals surface area contributed by atoms with Gasteiger partial charge in [0.05, 0.1) is 11.8 Å². The number of amides is 1. The van der Waals surface area contributed by atoms with Gasteiger partial charge in [0.1, 0.15) is 9.84 Å². The number of carbonyl (C=O) groups is 1. The molecule has 0 aromatic heterocycles. The van der Waals surface area contributed by atoms with Crippen LogP contribution in [-0.4, -0.2) is 52.1 Å². The Morgan fingerprint density at radius 2 is 2.00 bits per heavy atom. The average molecular weight is 294 g/mol. The molecule has 0 rings (SSSR count). The predicted molar refractivity (Wildman–Crippen MR) is 75.6 cm³/mol. The molecule has 7 heteroatoms. The van der Waals surface area contributed by atoms with Crippen molar-refractivity contribution in [3.8, 4) is 0 Å². The van der Waals surface area contributed by atoms with Gasteiger partial charge in [0, 0.05) is 26.0 Å². The van der Waals surface area contributed by atoms with Gasteiger partial charge in [-0.25, -0.2) is 8.42 Å². The van der Waals surface area contributed by atoms with Crippen LogP contribution < -0.4 is 11.1 Å². The van der Waals surface area contributed by atoms with Gasteiger partial charge in [-0.05, 0) is 18.8 Å². The minimum absolute atomic E-state index is 0.0704. The molecule has 1 atom stereocenters. The zero-order valence-electron chi connectivity index (χ0n) is 12.0. The smallest absolute Gasteiger partial charge is 0.236 e. The highest BCUT2D eigenvalue weighted by molar-refractivity contribution is 7.90. The molecule has 0 aliphatic rings. The van der Waals surface area contributed by atoms with E-state index in [-0.39, 0.29) is 18.1 Å². The first-order valence-corrected chi connectivity index (χ1v) is 8.57. The third-order valence-electron chi connectivity index (χ3n) is 2.35. The molecule has 114 valence electrons. The zero-order valence-corrected chi connectivity index (χ0v) is 12.8. The lowest BCUT2D eigenvalue weighted by Gasteiger charge is -2.12. The van der Waals surface area contributed by atoms with E-state index in [1.807, 2.05) is 0 Å². The summed E-state index contributed by atoms with van der Waals surface area (Å²) >= 11 is 0. The number of ether oxygens (including phenoxy) is 1. The van der Waals surface area contributed by atoms with Crippen LogP contribution in [0.15, 0.2) is 0 Å². The van der Waals surface area contributed by atoms with E-state index < -0.39 is 15.9 Å². The lowest BCUT2D eigenvalue weighted by Crippen LogP contribution is -2.42. The number of hydrogen-bond donors (Lipinski definition) is 2. The second-order valence-corrected chi connectivity index (χ2v) is 7.40. The highest BCUT2D eigenvalue weighted by Gasteiger charge is 2.15. The normalized spacial score (nSPS) is 13.5. The van der Waals surface area contributed by atoms with Crippen LogP contribution in [0.2, 0.25) is 0 Å². The molecule has 0 bridgehead atoms. The van der Waals surface area contributed by atoms with Crippen LogP contribution in [0.5, 0.6) is 0 Å². The Labute approximate surface area is 116 Å². The standard InChI is InChI=1S/C12H26N2O4S/c1-10(2)9-18-7-4-6-14-12(15)11(13)5-8-19(3,16)17/h10-11H,4-9,13H2,1-3H3,(H,14,15). The predicted octanol–water partition coefficient (Wildman–Crippen LogP) is -0.0727. The van der Waals surface area contributed by atoms with Crippen LogP contribution in [0, 0.1) is 5.92 Å². The van der Waals surface area contributed by atoms with Gasteiger partial charge in [-0.2, -0.15) is 0 Å². The van der Waals surface area contributed by atoms with Crippen molar-refractivity contribution >= 4 is 15.7 Å². The molecule has 3 N–H and O–H groups in total. The summed E-state index contributed by atoms with van der Waals surface area (Å²) in [6.45, 7) is 5.94. The maximum Gasteiger partial charge on any atom is 0.236 e. The fourth-order valence-electron chi connectivity index (χ4n) is 1.31. The van der Waals surface area contributed by atoms with E-state index in [9.17, 15) is 13.2 Å². The molecule has 0 spiro atoms. The van der Waals surface area contributed by atoms with Crippen LogP contribution in [0.25, 0.3) is 0 Å². The summed E-state index contributed by atoms with van der Waals surface area (Å²) in [4.78, 5) is 11.5. The van der Waals surface area contributed by atoms with Crippen LogP contribution in [0.3, 0.4) is 0 Å². The number of nitrogens with two attached hydrogens (primary N) is 1. The van der Waals surface area contributed by atoms with Crippen molar-refractivity contribution in [2.24, 2.45) is 11.7 Å². The van der Waals surface area contributed by atoms with Gasteiger partial charge in [-0.15, -0.1) is 0 Å². The lowest BCUT2D eigenvalue weighted by atomic mass is 10.2. The Kier molecular flexibility index (Phi) is 8.95. The second kappa shape index (κ2) is 9.28. The van der Waals surface area contributed by atoms with E-state index in [0.29, 0.717) is 25.7 Å². The lowest BCUT2D eigenvalue weighted by molar-refractivity contribution is -0.122. The van der Waals surface area contributed by atoms with E-state index in [4.69, 9.17) is 10.5 Å². The largest absolute Gasteiger partial charge is 0.381 e. The molecule has 0 radical (unpaired) electrons. The molecule has 6 nitrogen and oxygen atoms in total. The minimum atomic E-state index is -3.07. The summed E-state index contributed by atoms with van der Waals surface area (Å²) in [5.41, 5.74) is 5.60. The monoisotopic (exact) mass is 294 g/mol. The van der Waals surface area contributed by atoms with E-state index in [0.717, 1.165) is 12.7 Å². The molecular formula is C12H26N2O4S. The SMILES string of the molecule is CC(C)COCCCNC(=O)C(N)CCS(C)(=O)=O. The first-order chi connectivity index (χ1) is 8.72. The molecular weight excluding hydrogens is 268 g/mol. The molecule has 19 heavy (non-hydrogen) atoms. The summed E-state index contributed by atoms with van der Waals surface area (Å²) in [6, 6.07) is -0.772. The minimum Gasteiger partial charge on any atom is -0.381 e. The third-order valence-corrected chi connectivity index (χ3v) is 3.33. The van der Waals surface area contributed by atoms with Crippen molar-refractivity contribution in [1.29, 1.82) is 0 Å². The van der Waals surface area contributed by atoms with E-state index in [1.54, 1.807) is 0 Å². The van der Waals surface area contributed by atoms with Gasteiger partial charge >= 0.3 is 0 Å². The van der Waals surface area contributed by atoms with Crippen molar-refractivity contribution in [2.45, 2.75) is 32.7 Å². The molecule has 1 amide bonds. The molecule has 1 unspecified atom stereocenters. The first kappa shape index (κ1) is 18.3. The Balaban J connectivity index is 3.63. The topological polar surface area (TPSA) is 98.5 Å². The molecule has 0 fully saturated rings. The second-order valence-electron chi connectivity index (χ2n) is 5.14. The van der Waals surface area contributed by atoms with Gasteiger partial charge in [-0.3, -0.25) is 4.79 Å². The molecule has 0 aliphatic carbocycles. The maximum atomic E-state index is 11.5. The highest BCUT2D eigenvalue weighted by atomic mass is 32.2. The molecule has 0 heterocycles. The van der Waals surface area contributed by atoms with Crippen LogP contribution >= 0.6 is 0 Å². The number of hydrogen-bond acceptors (Lipinski definition) is 5. The fourth-order valence-corrected chi connectivity index (χ4v) is 1.99. The van der Waals surface area contributed by atoms with Crippen LogP contribution in [-0.2, 0) is 19.4 Å². The molecule has 0 aromatic carbocycles. The van der Waals surface area contributed by atoms with Gasteiger partial charge < -0.3 is 15.8 Å². The van der Waals surface area contributed by atoms with Gasteiger partial charge in [0.2, 0.25) is 5.91 Å². The van der Waals surface area contributed by atoms with Crippen molar-refractivity contribution < 1.29 is 17.9 Å². The Morgan fingerprint density at radius 3 is 2.53 bits per heavy atom. The van der Waals surface area contributed by atoms with E-state index in [2.05, 4.69) is 19.2 Å². The van der Waals surface area contributed by atoms with Crippen LogP contribution in [0.1, 0.15) is 26.7 Å². The fraction of sp³-hybridized carbons (Fsp3) is 0.917. The summed E-state index contributed by atoms with van der Waals surface area (Å²) in [6.07, 6.45) is 2.00. The van der Waals surface area contributed by atoms with E-state index in [1.165, 1.54) is 0 Å². The number of carbonyl (C=O) groups excluding carboxylic acids is 1. The summed E-state index contributed by atoms with van der Waals surface area (Å²) < 4.78 is 27.3. The molecule has 0 saturated carbocycles. The van der Waals surface area contributed by atoms with Crippen molar-refractivity contribution in [1.82, 2.24) is 5.32 Å². The summed E-state index contributed by atoms with van der Waals surface area (Å²) in [7, 11) is -3.07. The summed E-state index contributed by atoms with van der Waals surface area (Å²) in [5.74, 6) is 0.116. The zero-order chi connectivity index (χ0) is 14.9. The van der Waals surface area contributed by atoms with Crippen molar-refractivity contribution in [2.75, 3.05) is 31.8 Å². The quantitative estimate of drug-likeness (QED) is 0.549. The Morgan fingerprint density at radius 1 is 1.37 bits per heavy atom. The van der Waals surface area contributed by atoms with E-state index >= 15 is 0 Å². The van der Waals surface area contributed by atoms with Gasteiger partial charge in [0.25, 0.3) is 0 Å². The average Bonchev–Trinajstić information content (AvgIpc) is 2.28. The number of nitrogens with one attached hydrogen (secondary N) is 1. The Hall–Kier alpha value is -0.660. The molecule has 0 aromatic rings.